The largest absolute Gasteiger partial charge is 0.493 e. The van der Waals surface area contributed by atoms with Crippen LogP contribution in [0.1, 0.15) is 77.4 Å². The number of likely N-dealkylation sites (N-methyl/N-ethyl adjacent to an activating group) is 1. The molecular formula is C38H47N3O7. The van der Waals surface area contributed by atoms with Gasteiger partial charge in [-0.1, -0.05) is 12.1 Å². The second-order valence-corrected chi connectivity index (χ2v) is 12.6. The summed E-state index contributed by atoms with van der Waals surface area (Å²) in [6.07, 6.45) is 0.967. The first-order valence-corrected chi connectivity index (χ1v) is 16.5. The van der Waals surface area contributed by atoms with E-state index < -0.39 is 5.97 Å². The van der Waals surface area contributed by atoms with E-state index in [-0.39, 0.29) is 36.6 Å². The Kier molecular flexibility index (Phi) is 10.9. The van der Waals surface area contributed by atoms with E-state index in [0.29, 0.717) is 35.0 Å². The van der Waals surface area contributed by atoms with Gasteiger partial charge >= 0.3 is 5.97 Å². The van der Waals surface area contributed by atoms with Crippen molar-refractivity contribution in [2.75, 3.05) is 54.7 Å². The monoisotopic (exact) mass is 657 g/mol. The fraction of sp³-hybridized carbons (Fsp3) is 0.447. The van der Waals surface area contributed by atoms with E-state index in [0.717, 1.165) is 42.1 Å². The number of hydrogen-bond donors (Lipinski definition) is 0. The third kappa shape index (κ3) is 7.13. The molecule has 10 nitrogen and oxygen atoms in total. The standard InChI is InChI=1S/C38H47N3O7/c1-9-47-35-19-28-29(20-34(35)46-8)36(39-31-16-17-40(5)21-30(28)31)25-10-12-26(13-11-25)37(42)41(23(2)3)24(4)22-48-38(43)27-14-15-32(44-6)33(18-27)45-7/h10-15,18-20,23-24,30-31H,9,16-17,21-22H2,1-8H3/t24-,30+,31+/m0/s1. The summed E-state index contributed by atoms with van der Waals surface area (Å²) in [7, 11) is 6.85. The van der Waals surface area contributed by atoms with Crippen LogP contribution in [0, 0.1) is 0 Å². The van der Waals surface area contributed by atoms with E-state index in [2.05, 4.69) is 18.0 Å². The van der Waals surface area contributed by atoms with E-state index >= 15 is 0 Å². The van der Waals surface area contributed by atoms with E-state index in [4.69, 9.17) is 28.7 Å². The normalized spacial score (nSPS) is 17.8. The number of esters is 1. The van der Waals surface area contributed by atoms with Crippen molar-refractivity contribution >= 4 is 17.6 Å². The Morgan fingerprint density at radius 1 is 0.896 bits per heavy atom. The second-order valence-electron chi connectivity index (χ2n) is 12.6. The van der Waals surface area contributed by atoms with Crippen molar-refractivity contribution in [3.63, 3.8) is 0 Å². The molecule has 0 N–H and O–H groups in total. The Morgan fingerprint density at radius 3 is 2.21 bits per heavy atom. The maximum atomic E-state index is 13.9. The van der Waals surface area contributed by atoms with Crippen molar-refractivity contribution in [1.82, 2.24) is 9.80 Å². The highest BCUT2D eigenvalue weighted by molar-refractivity contribution is 6.15. The predicted molar refractivity (Wildman–Crippen MR) is 185 cm³/mol. The lowest BCUT2D eigenvalue weighted by Crippen LogP contribution is -2.46. The van der Waals surface area contributed by atoms with Crippen LogP contribution in [0.15, 0.2) is 59.6 Å². The molecule has 10 heteroatoms. The van der Waals surface area contributed by atoms with Gasteiger partial charge in [-0.05, 0) is 95.7 Å². The van der Waals surface area contributed by atoms with Gasteiger partial charge in [0.25, 0.3) is 5.91 Å². The van der Waals surface area contributed by atoms with Crippen LogP contribution < -0.4 is 18.9 Å². The van der Waals surface area contributed by atoms with E-state index in [9.17, 15) is 9.59 Å². The zero-order chi connectivity index (χ0) is 34.5. The lowest BCUT2D eigenvalue weighted by molar-refractivity contribution is 0.0292. The van der Waals surface area contributed by atoms with Crippen LogP contribution in [-0.4, -0.2) is 100 Å². The van der Waals surface area contributed by atoms with Gasteiger partial charge in [-0.3, -0.25) is 9.79 Å². The number of nitrogens with zero attached hydrogens (tertiary/aromatic N) is 3. The van der Waals surface area contributed by atoms with Crippen LogP contribution >= 0.6 is 0 Å². The van der Waals surface area contributed by atoms with Gasteiger partial charge < -0.3 is 33.5 Å². The Balaban J connectivity index is 1.36. The Morgan fingerprint density at radius 2 is 1.56 bits per heavy atom. The van der Waals surface area contributed by atoms with Crippen molar-refractivity contribution in [2.45, 2.75) is 58.2 Å². The quantitative estimate of drug-likeness (QED) is 0.224. The van der Waals surface area contributed by atoms with Gasteiger partial charge in [0.2, 0.25) is 0 Å². The molecule has 0 spiro atoms. The molecule has 0 aliphatic carbocycles. The molecule has 3 aromatic rings. The summed E-state index contributed by atoms with van der Waals surface area (Å²) in [5, 5.41) is 0. The number of piperidine rings is 1. The SMILES string of the molecule is CCOc1cc2c(cc1OC)C(c1ccc(C(=O)N(C(C)C)[C@@H](C)COC(=O)c3ccc(OC)c(OC)c3)cc1)=N[C@@H]1CCN(C)C[C@H]21. The number of carbonyl (C=O) groups excluding carboxylic acids is 2. The van der Waals surface area contributed by atoms with Crippen molar-refractivity contribution in [1.29, 1.82) is 0 Å². The highest BCUT2D eigenvalue weighted by Crippen LogP contribution is 2.42. The second kappa shape index (κ2) is 15.1. The number of rotatable bonds is 12. The van der Waals surface area contributed by atoms with E-state index in [1.165, 1.54) is 19.8 Å². The third-order valence-electron chi connectivity index (χ3n) is 9.11. The Bertz CT molecular complexity index is 1650. The van der Waals surface area contributed by atoms with Crippen molar-refractivity contribution in [2.24, 2.45) is 4.99 Å². The fourth-order valence-corrected chi connectivity index (χ4v) is 6.73. The molecule has 2 heterocycles. The van der Waals surface area contributed by atoms with Gasteiger partial charge in [0.15, 0.2) is 23.0 Å². The van der Waals surface area contributed by atoms with Crippen LogP contribution in [0.2, 0.25) is 0 Å². The summed E-state index contributed by atoms with van der Waals surface area (Å²) in [6.45, 7) is 10.2. The van der Waals surface area contributed by atoms with Crippen molar-refractivity contribution < 1.29 is 33.3 Å². The van der Waals surface area contributed by atoms with E-state index in [1.807, 2.05) is 58.0 Å². The smallest absolute Gasteiger partial charge is 0.338 e. The summed E-state index contributed by atoms with van der Waals surface area (Å²) in [5.41, 5.74) is 4.95. The molecule has 0 radical (unpaired) electrons. The summed E-state index contributed by atoms with van der Waals surface area (Å²) in [6, 6.07) is 16.3. The number of hydrogen-bond acceptors (Lipinski definition) is 9. The van der Waals surface area contributed by atoms with Crippen LogP contribution in [0.5, 0.6) is 23.0 Å². The van der Waals surface area contributed by atoms with Crippen molar-refractivity contribution in [3.8, 4) is 23.0 Å². The predicted octanol–water partition coefficient (Wildman–Crippen LogP) is 5.85. The minimum absolute atomic E-state index is 0.0338. The zero-order valence-electron chi connectivity index (χ0n) is 29.2. The highest BCUT2D eigenvalue weighted by Gasteiger charge is 2.36. The van der Waals surface area contributed by atoms with Crippen LogP contribution in [-0.2, 0) is 4.74 Å². The molecule has 0 aromatic heterocycles. The summed E-state index contributed by atoms with van der Waals surface area (Å²) in [4.78, 5) is 36.1. The van der Waals surface area contributed by atoms with Gasteiger partial charge in [0.05, 0.1) is 51.3 Å². The van der Waals surface area contributed by atoms with Crippen molar-refractivity contribution in [3.05, 3.63) is 82.4 Å². The van der Waals surface area contributed by atoms with E-state index in [1.54, 1.807) is 30.2 Å². The molecule has 0 unspecified atom stereocenters. The minimum atomic E-state index is -0.506. The molecule has 48 heavy (non-hydrogen) atoms. The number of amides is 1. The summed E-state index contributed by atoms with van der Waals surface area (Å²) >= 11 is 0. The molecule has 256 valence electrons. The molecule has 0 bridgehead atoms. The molecule has 1 saturated heterocycles. The molecular weight excluding hydrogens is 610 g/mol. The summed E-state index contributed by atoms with van der Waals surface area (Å²) < 4.78 is 27.9. The lowest BCUT2D eigenvalue weighted by atomic mass is 9.79. The van der Waals surface area contributed by atoms with Gasteiger partial charge in [-0.2, -0.15) is 0 Å². The van der Waals surface area contributed by atoms with Crippen LogP contribution in [0.3, 0.4) is 0 Å². The average molecular weight is 658 g/mol. The number of benzene rings is 3. The Hall–Kier alpha value is -4.57. The first-order valence-electron chi connectivity index (χ1n) is 16.5. The lowest BCUT2D eigenvalue weighted by Gasteiger charge is -2.39. The first kappa shape index (κ1) is 34.8. The number of likely N-dealkylation sites (tertiary alicyclic amines) is 1. The van der Waals surface area contributed by atoms with Gasteiger partial charge in [-0.25, -0.2) is 4.79 Å². The Labute approximate surface area is 283 Å². The van der Waals surface area contributed by atoms with Gasteiger partial charge in [0.1, 0.15) is 6.61 Å². The van der Waals surface area contributed by atoms with Crippen LogP contribution in [0.4, 0.5) is 0 Å². The number of aliphatic imine (C=N–C) groups is 1. The first-order chi connectivity index (χ1) is 23.1. The topological polar surface area (TPSA) is 99.1 Å². The molecule has 1 fully saturated rings. The zero-order valence-corrected chi connectivity index (χ0v) is 29.2. The summed E-state index contributed by atoms with van der Waals surface area (Å²) in [5.74, 6) is 1.98. The maximum absolute atomic E-state index is 13.9. The molecule has 3 atom stereocenters. The molecule has 1 amide bonds. The molecule has 5 rings (SSSR count). The minimum Gasteiger partial charge on any atom is -0.493 e. The van der Waals surface area contributed by atoms with Crippen LogP contribution in [0.25, 0.3) is 0 Å². The number of methoxy groups -OCH3 is 3. The maximum Gasteiger partial charge on any atom is 0.338 e. The molecule has 3 aromatic carbocycles. The fourth-order valence-electron chi connectivity index (χ4n) is 6.73. The average Bonchev–Trinajstić information content (AvgIpc) is 3.09. The molecule has 2 aliphatic rings. The molecule has 0 saturated carbocycles. The number of ether oxygens (including phenoxy) is 5. The van der Waals surface area contributed by atoms with Gasteiger partial charge in [0, 0.05) is 35.2 Å². The molecule has 2 aliphatic heterocycles. The third-order valence-corrected chi connectivity index (χ3v) is 9.11. The highest BCUT2D eigenvalue weighted by atomic mass is 16.5. The van der Waals surface area contributed by atoms with Gasteiger partial charge in [-0.15, -0.1) is 0 Å². The number of fused-ring (bicyclic) bond motifs is 3. The number of carbonyl (C=O) groups is 2.